The van der Waals surface area contributed by atoms with Gasteiger partial charge in [-0.25, -0.2) is 8.42 Å². The van der Waals surface area contributed by atoms with Crippen LogP contribution in [0.5, 0.6) is 5.75 Å². The third-order valence-electron chi connectivity index (χ3n) is 4.22. The van der Waals surface area contributed by atoms with Gasteiger partial charge in [0, 0.05) is 5.02 Å². The SMILES string of the molecule is COC(=O)CSc1nnc(NC(=O)CN(c2cccc(Cl)c2)S(=O)(=O)c2ccc(OC)cc2)s1. The molecule has 0 radical (unpaired) electrons. The summed E-state index contributed by atoms with van der Waals surface area (Å²) in [6, 6.07) is 12.0. The first-order chi connectivity index (χ1) is 16.2. The number of halogens is 1. The van der Waals surface area contributed by atoms with Crippen LogP contribution < -0.4 is 14.4 Å². The Balaban J connectivity index is 1.81. The normalized spacial score (nSPS) is 11.0. The quantitative estimate of drug-likeness (QED) is 0.233. The molecule has 0 bridgehead atoms. The number of hydrogen-bond donors (Lipinski definition) is 1. The third-order valence-corrected chi connectivity index (χ3v) is 8.19. The maximum absolute atomic E-state index is 13.4. The minimum atomic E-state index is -4.13. The molecule has 1 N–H and O–H groups in total. The number of methoxy groups -OCH3 is 2. The van der Waals surface area contributed by atoms with Crippen molar-refractivity contribution >= 4 is 67.4 Å². The van der Waals surface area contributed by atoms with Crippen molar-refractivity contribution in [3.05, 3.63) is 53.6 Å². The topological polar surface area (TPSA) is 128 Å². The van der Waals surface area contributed by atoms with E-state index in [1.807, 2.05) is 0 Å². The first-order valence-corrected chi connectivity index (χ1v) is 13.1. The zero-order valence-electron chi connectivity index (χ0n) is 17.9. The van der Waals surface area contributed by atoms with Crippen molar-refractivity contribution in [1.82, 2.24) is 10.2 Å². The number of anilines is 2. The Hall–Kier alpha value is -2.87. The van der Waals surface area contributed by atoms with Gasteiger partial charge in [0.2, 0.25) is 11.0 Å². The molecule has 180 valence electrons. The summed E-state index contributed by atoms with van der Waals surface area (Å²) in [5, 5.41) is 10.7. The average Bonchev–Trinajstić information content (AvgIpc) is 3.28. The van der Waals surface area contributed by atoms with Crippen LogP contribution in [0.4, 0.5) is 10.8 Å². The lowest BCUT2D eigenvalue weighted by molar-refractivity contribution is -0.137. The predicted molar refractivity (Wildman–Crippen MR) is 130 cm³/mol. The van der Waals surface area contributed by atoms with Crippen molar-refractivity contribution in [3.63, 3.8) is 0 Å². The summed E-state index contributed by atoms with van der Waals surface area (Å²) in [6.07, 6.45) is 0. The lowest BCUT2D eigenvalue weighted by atomic mass is 10.3. The van der Waals surface area contributed by atoms with Crippen LogP contribution >= 0.6 is 34.7 Å². The van der Waals surface area contributed by atoms with Crippen molar-refractivity contribution in [2.24, 2.45) is 0 Å². The smallest absolute Gasteiger partial charge is 0.316 e. The van der Waals surface area contributed by atoms with E-state index >= 15 is 0 Å². The summed E-state index contributed by atoms with van der Waals surface area (Å²) in [7, 11) is -1.38. The summed E-state index contributed by atoms with van der Waals surface area (Å²) in [5.41, 5.74) is 0.213. The second-order valence-electron chi connectivity index (χ2n) is 6.45. The molecule has 0 spiro atoms. The second-order valence-corrected chi connectivity index (χ2v) is 11.0. The highest BCUT2D eigenvalue weighted by molar-refractivity contribution is 8.01. The Morgan fingerprint density at radius 1 is 1.15 bits per heavy atom. The Bertz CT molecular complexity index is 1270. The molecule has 0 atom stereocenters. The number of aromatic nitrogens is 2. The number of benzene rings is 2. The Labute approximate surface area is 209 Å². The highest BCUT2D eigenvalue weighted by atomic mass is 35.5. The molecule has 14 heteroatoms. The second kappa shape index (κ2) is 11.5. The highest BCUT2D eigenvalue weighted by Crippen LogP contribution is 2.28. The molecule has 1 aromatic heterocycles. The van der Waals surface area contributed by atoms with E-state index in [2.05, 4.69) is 20.3 Å². The van der Waals surface area contributed by atoms with Crippen LogP contribution in [0.3, 0.4) is 0 Å². The summed E-state index contributed by atoms with van der Waals surface area (Å²) < 4.78 is 37.8. The standard InChI is InChI=1S/C20H19ClN4O6S3/c1-30-15-6-8-16(9-7-15)34(28,29)25(14-5-3-4-13(21)10-14)11-17(26)22-19-23-24-20(33-19)32-12-18(27)31-2/h3-10H,11-12H2,1-2H3,(H,22,23,26). The van der Waals surface area contributed by atoms with Gasteiger partial charge in [-0.05, 0) is 42.5 Å². The molecule has 3 aromatic rings. The Morgan fingerprint density at radius 3 is 2.53 bits per heavy atom. The van der Waals surface area contributed by atoms with Crippen molar-refractivity contribution < 1.29 is 27.5 Å². The molecular formula is C20H19ClN4O6S3. The van der Waals surface area contributed by atoms with Crippen LogP contribution in [-0.4, -0.2) is 57.0 Å². The maximum Gasteiger partial charge on any atom is 0.316 e. The fourth-order valence-electron chi connectivity index (χ4n) is 2.61. The molecule has 1 amide bonds. The van der Waals surface area contributed by atoms with Gasteiger partial charge in [0.25, 0.3) is 10.0 Å². The minimum Gasteiger partial charge on any atom is -0.497 e. The van der Waals surface area contributed by atoms with E-state index in [1.165, 1.54) is 50.6 Å². The van der Waals surface area contributed by atoms with Crippen LogP contribution in [0.15, 0.2) is 57.8 Å². The minimum absolute atomic E-state index is 0.0292. The molecule has 1 heterocycles. The molecule has 0 unspecified atom stereocenters. The Morgan fingerprint density at radius 2 is 1.88 bits per heavy atom. The number of esters is 1. The van der Waals surface area contributed by atoms with Crippen molar-refractivity contribution in [2.45, 2.75) is 9.24 Å². The number of rotatable bonds is 10. The molecule has 0 saturated carbocycles. The van der Waals surface area contributed by atoms with Crippen molar-refractivity contribution in [2.75, 3.05) is 36.1 Å². The molecular weight excluding hydrogens is 524 g/mol. The lowest BCUT2D eigenvalue weighted by Crippen LogP contribution is -2.38. The summed E-state index contributed by atoms with van der Waals surface area (Å²) in [4.78, 5) is 24.0. The van der Waals surface area contributed by atoms with E-state index in [-0.39, 0.29) is 21.5 Å². The van der Waals surface area contributed by atoms with Crippen LogP contribution in [0, 0.1) is 0 Å². The van der Waals surface area contributed by atoms with E-state index < -0.39 is 28.4 Å². The molecule has 0 fully saturated rings. The number of carbonyl (C=O) groups is 2. The Kier molecular flexibility index (Phi) is 8.72. The van der Waals surface area contributed by atoms with Gasteiger partial charge in [-0.2, -0.15) is 0 Å². The van der Waals surface area contributed by atoms with E-state index in [0.29, 0.717) is 15.1 Å². The molecule has 2 aromatic carbocycles. The molecule has 34 heavy (non-hydrogen) atoms. The number of ether oxygens (including phenoxy) is 2. The summed E-state index contributed by atoms with van der Waals surface area (Å²) in [6.45, 7) is -0.543. The first-order valence-electron chi connectivity index (χ1n) is 9.48. The first kappa shape index (κ1) is 25.7. The molecule has 0 aliphatic carbocycles. The van der Waals surface area contributed by atoms with Gasteiger partial charge in [-0.15, -0.1) is 10.2 Å². The van der Waals surface area contributed by atoms with Crippen molar-refractivity contribution in [1.29, 1.82) is 0 Å². The number of sulfonamides is 1. The molecule has 0 aliphatic heterocycles. The van der Waals surface area contributed by atoms with E-state index in [4.69, 9.17) is 16.3 Å². The summed E-state index contributed by atoms with van der Waals surface area (Å²) in [5.74, 6) is -0.533. The molecule has 0 saturated heterocycles. The van der Waals surface area contributed by atoms with Crippen molar-refractivity contribution in [3.8, 4) is 5.75 Å². The zero-order chi connectivity index (χ0) is 24.7. The average molecular weight is 543 g/mol. The van der Waals surface area contributed by atoms with Gasteiger partial charge in [0.1, 0.15) is 12.3 Å². The van der Waals surface area contributed by atoms with Gasteiger partial charge in [-0.3, -0.25) is 19.2 Å². The zero-order valence-corrected chi connectivity index (χ0v) is 21.1. The fraction of sp³-hybridized carbons (Fsp3) is 0.200. The number of carbonyl (C=O) groups excluding carboxylic acids is 2. The number of nitrogens with one attached hydrogen (secondary N) is 1. The van der Waals surface area contributed by atoms with E-state index in [1.54, 1.807) is 12.1 Å². The van der Waals surface area contributed by atoms with Gasteiger partial charge >= 0.3 is 5.97 Å². The van der Waals surface area contributed by atoms with E-state index in [0.717, 1.165) is 27.4 Å². The predicted octanol–water partition coefficient (Wildman–Crippen LogP) is 3.30. The molecule has 10 nitrogen and oxygen atoms in total. The summed E-state index contributed by atoms with van der Waals surface area (Å²) >= 11 is 8.22. The highest BCUT2D eigenvalue weighted by Gasteiger charge is 2.28. The third kappa shape index (κ3) is 6.59. The molecule has 0 aliphatic rings. The van der Waals surface area contributed by atoms with Gasteiger partial charge in [-0.1, -0.05) is 40.8 Å². The largest absolute Gasteiger partial charge is 0.497 e. The maximum atomic E-state index is 13.4. The lowest BCUT2D eigenvalue weighted by Gasteiger charge is -2.24. The van der Waals surface area contributed by atoms with Gasteiger partial charge in [0.15, 0.2) is 4.34 Å². The number of hydrogen-bond acceptors (Lipinski definition) is 10. The van der Waals surface area contributed by atoms with Gasteiger partial charge < -0.3 is 9.47 Å². The van der Waals surface area contributed by atoms with Crippen LogP contribution in [0.2, 0.25) is 5.02 Å². The monoisotopic (exact) mass is 542 g/mol. The van der Waals surface area contributed by atoms with Crippen LogP contribution in [0.25, 0.3) is 0 Å². The molecule has 3 rings (SSSR count). The number of nitrogens with zero attached hydrogens (tertiary/aromatic N) is 3. The van der Waals surface area contributed by atoms with Crippen LogP contribution in [-0.2, 0) is 24.3 Å². The van der Waals surface area contributed by atoms with E-state index in [9.17, 15) is 18.0 Å². The van der Waals surface area contributed by atoms with Crippen LogP contribution in [0.1, 0.15) is 0 Å². The number of thioether (sulfide) groups is 1. The van der Waals surface area contributed by atoms with Gasteiger partial charge in [0.05, 0.1) is 30.6 Å². The fourth-order valence-corrected chi connectivity index (χ4v) is 5.81. The number of amides is 1.